The molecule has 0 spiro atoms. The molecule has 1 aromatic rings. The first-order chi connectivity index (χ1) is 9.43. The summed E-state index contributed by atoms with van der Waals surface area (Å²) in [6.45, 7) is 0.601. The van der Waals surface area contributed by atoms with Gasteiger partial charge in [-0.15, -0.1) is 0 Å². The lowest BCUT2D eigenvalue weighted by atomic mass is 10.00. The van der Waals surface area contributed by atoms with Crippen molar-refractivity contribution in [3.63, 3.8) is 0 Å². The van der Waals surface area contributed by atoms with Crippen LogP contribution in [-0.2, 0) is 4.79 Å². The van der Waals surface area contributed by atoms with Crippen molar-refractivity contribution >= 4 is 44.7 Å². The highest BCUT2D eigenvalue weighted by molar-refractivity contribution is 9.10. The molecule has 1 unspecified atom stereocenters. The molecule has 7 heteroatoms. The third-order valence-electron chi connectivity index (χ3n) is 3.47. The average molecular weight is 360 g/mol. The molecule has 0 radical (unpaired) electrons. The number of rotatable bonds is 3. The van der Waals surface area contributed by atoms with Gasteiger partial charge in [-0.1, -0.05) is 12.2 Å². The van der Waals surface area contributed by atoms with Crippen LogP contribution in [0.5, 0.6) is 0 Å². The lowest BCUT2D eigenvalue weighted by Gasteiger charge is -2.36. The van der Waals surface area contributed by atoms with Crippen LogP contribution in [0.15, 0.2) is 16.6 Å². The Bertz CT molecular complexity index is 567. The van der Waals surface area contributed by atoms with Gasteiger partial charge >= 0.3 is 0 Å². The van der Waals surface area contributed by atoms with E-state index in [-0.39, 0.29) is 9.46 Å². The van der Waals surface area contributed by atoms with Crippen LogP contribution in [0.25, 0.3) is 0 Å². The second-order valence-electron chi connectivity index (χ2n) is 4.73. The van der Waals surface area contributed by atoms with Gasteiger partial charge in [-0.2, -0.15) is 0 Å². The van der Waals surface area contributed by atoms with E-state index in [4.69, 9.17) is 23.7 Å². The minimum Gasteiger partial charge on any atom is -0.389 e. The van der Waals surface area contributed by atoms with E-state index in [0.717, 1.165) is 12.8 Å². The molecule has 1 aromatic carbocycles. The van der Waals surface area contributed by atoms with Gasteiger partial charge in [0.05, 0.1) is 10.2 Å². The Labute approximate surface area is 130 Å². The maximum atomic E-state index is 14.5. The van der Waals surface area contributed by atoms with Gasteiger partial charge in [0.15, 0.2) is 5.82 Å². The summed E-state index contributed by atoms with van der Waals surface area (Å²) in [4.78, 5) is 13.4. The Balaban J connectivity index is 2.44. The van der Waals surface area contributed by atoms with E-state index in [0.29, 0.717) is 24.2 Å². The first-order valence-electron chi connectivity index (χ1n) is 6.27. The maximum Gasteiger partial charge on any atom is 0.240 e. The van der Waals surface area contributed by atoms with E-state index in [9.17, 15) is 9.18 Å². The van der Waals surface area contributed by atoms with Crippen molar-refractivity contribution in [1.82, 2.24) is 0 Å². The number of halogens is 2. The number of hydrogen-bond acceptors (Lipinski definition) is 3. The van der Waals surface area contributed by atoms with E-state index < -0.39 is 17.8 Å². The fraction of sp³-hybridized carbons (Fsp3) is 0.385. The molecule has 0 aromatic heterocycles. The molecule has 20 heavy (non-hydrogen) atoms. The molecule has 1 fully saturated rings. The Morgan fingerprint density at radius 2 is 2.10 bits per heavy atom. The molecule has 0 bridgehead atoms. The maximum absolute atomic E-state index is 14.5. The van der Waals surface area contributed by atoms with Crippen LogP contribution < -0.4 is 16.4 Å². The molecule has 1 aliphatic rings. The van der Waals surface area contributed by atoms with Gasteiger partial charge in [0.1, 0.15) is 11.0 Å². The summed E-state index contributed by atoms with van der Waals surface area (Å²) in [5.41, 5.74) is 11.7. The number of amides is 1. The van der Waals surface area contributed by atoms with Crippen LogP contribution in [0.1, 0.15) is 24.8 Å². The summed E-state index contributed by atoms with van der Waals surface area (Å²) >= 11 is 8.04. The number of piperidine rings is 1. The summed E-state index contributed by atoms with van der Waals surface area (Å²) < 4.78 is 14.7. The van der Waals surface area contributed by atoms with Crippen molar-refractivity contribution in [3.8, 4) is 0 Å². The Kier molecular flexibility index (Phi) is 4.59. The van der Waals surface area contributed by atoms with Crippen molar-refractivity contribution in [2.75, 3.05) is 11.4 Å². The van der Waals surface area contributed by atoms with Gasteiger partial charge in [-0.3, -0.25) is 4.79 Å². The fourth-order valence-corrected chi connectivity index (χ4v) is 3.32. The standard InChI is InChI=1S/C13H15BrFN3OS/c14-10-7(13(17)20)4-5-8(11(10)15)18-6-2-1-3-9(18)12(16)19/h4-5,9H,1-3,6H2,(H2,16,19)(H2,17,20). The van der Waals surface area contributed by atoms with E-state index in [2.05, 4.69) is 15.9 Å². The molecule has 1 amide bonds. The topological polar surface area (TPSA) is 72.4 Å². The van der Waals surface area contributed by atoms with Crippen LogP contribution >= 0.6 is 28.1 Å². The highest BCUT2D eigenvalue weighted by atomic mass is 79.9. The number of thiocarbonyl (C=S) groups is 1. The molecule has 1 saturated heterocycles. The Hall–Kier alpha value is -1.21. The third-order valence-corrected chi connectivity index (χ3v) is 4.46. The highest BCUT2D eigenvalue weighted by Crippen LogP contribution is 2.33. The lowest BCUT2D eigenvalue weighted by molar-refractivity contribution is -0.119. The van der Waals surface area contributed by atoms with Gasteiger partial charge in [0.25, 0.3) is 0 Å². The molecular formula is C13H15BrFN3OS. The lowest BCUT2D eigenvalue weighted by Crippen LogP contribution is -2.48. The Morgan fingerprint density at radius 1 is 1.40 bits per heavy atom. The summed E-state index contributed by atoms with van der Waals surface area (Å²) in [7, 11) is 0. The minimum atomic E-state index is -0.471. The molecule has 0 aliphatic carbocycles. The van der Waals surface area contributed by atoms with Gasteiger partial charge in [0.2, 0.25) is 5.91 Å². The van der Waals surface area contributed by atoms with E-state index in [1.54, 1.807) is 17.0 Å². The predicted octanol–water partition coefficient (Wildman–Crippen LogP) is 2.07. The van der Waals surface area contributed by atoms with Gasteiger partial charge in [-0.05, 0) is 47.3 Å². The number of hydrogen-bond donors (Lipinski definition) is 2. The van der Waals surface area contributed by atoms with Crippen molar-refractivity contribution in [1.29, 1.82) is 0 Å². The monoisotopic (exact) mass is 359 g/mol. The second-order valence-corrected chi connectivity index (χ2v) is 5.96. The van der Waals surface area contributed by atoms with Crippen LogP contribution in [0.2, 0.25) is 0 Å². The molecule has 0 saturated carbocycles. The average Bonchev–Trinajstić information content (AvgIpc) is 2.41. The summed E-state index contributed by atoms with van der Waals surface area (Å²) in [6.07, 6.45) is 2.46. The zero-order valence-electron chi connectivity index (χ0n) is 10.7. The molecule has 2 rings (SSSR count). The van der Waals surface area contributed by atoms with Crippen LogP contribution in [0.3, 0.4) is 0 Å². The molecule has 1 atom stereocenters. The zero-order chi connectivity index (χ0) is 14.9. The van der Waals surface area contributed by atoms with Gasteiger partial charge in [-0.25, -0.2) is 4.39 Å². The summed E-state index contributed by atoms with van der Waals surface area (Å²) in [6, 6.07) is 2.77. The molecular weight excluding hydrogens is 345 g/mol. The zero-order valence-corrected chi connectivity index (χ0v) is 13.1. The number of carbonyl (C=O) groups is 1. The minimum absolute atomic E-state index is 0.118. The number of primary amides is 1. The van der Waals surface area contributed by atoms with Gasteiger partial charge in [0, 0.05) is 12.1 Å². The molecule has 4 N–H and O–H groups in total. The van der Waals surface area contributed by atoms with E-state index >= 15 is 0 Å². The molecule has 1 heterocycles. The number of nitrogens with two attached hydrogens (primary N) is 2. The van der Waals surface area contributed by atoms with Crippen molar-refractivity contribution in [3.05, 3.63) is 28.0 Å². The largest absolute Gasteiger partial charge is 0.389 e. The normalized spacial score (nSPS) is 18.9. The first kappa shape index (κ1) is 15.2. The first-order valence-corrected chi connectivity index (χ1v) is 7.47. The van der Waals surface area contributed by atoms with Gasteiger partial charge < -0.3 is 16.4 Å². The Morgan fingerprint density at radius 3 is 2.70 bits per heavy atom. The fourth-order valence-electron chi connectivity index (χ4n) is 2.47. The number of anilines is 1. The molecule has 1 aliphatic heterocycles. The number of carbonyl (C=O) groups excluding carboxylic acids is 1. The van der Waals surface area contributed by atoms with Crippen molar-refractivity contribution in [2.45, 2.75) is 25.3 Å². The summed E-state index contributed by atoms with van der Waals surface area (Å²) in [5, 5.41) is 0. The molecule has 4 nitrogen and oxygen atoms in total. The predicted molar refractivity (Wildman–Crippen MR) is 84.2 cm³/mol. The quantitative estimate of drug-likeness (QED) is 0.810. The smallest absolute Gasteiger partial charge is 0.240 e. The van der Waals surface area contributed by atoms with E-state index in [1.807, 2.05) is 0 Å². The van der Waals surface area contributed by atoms with Crippen LogP contribution in [0, 0.1) is 5.82 Å². The van der Waals surface area contributed by atoms with E-state index in [1.165, 1.54) is 0 Å². The SMILES string of the molecule is NC(=O)C1CCCCN1c1ccc(C(N)=S)c(Br)c1F. The number of benzene rings is 1. The summed E-state index contributed by atoms with van der Waals surface area (Å²) in [5.74, 6) is -0.901. The second kappa shape index (κ2) is 6.05. The molecule has 108 valence electrons. The van der Waals surface area contributed by atoms with Crippen molar-refractivity contribution < 1.29 is 9.18 Å². The third kappa shape index (κ3) is 2.78. The van der Waals surface area contributed by atoms with Crippen molar-refractivity contribution in [2.24, 2.45) is 11.5 Å². The van der Waals surface area contributed by atoms with Crippen LogP contribution in [0.4, 0.5) is 10.1 Å². The van der Waals surface area contributed by atoms with Crippen LogP contribution in [-0.4, -0.2) is 23.5 Å². The highest BCUT2D eigenvalue weighted by Gasteiger charge is 2.29. The number of nitrogens with zero attached hydrogens (tertiary/aromatic N) is 1.